The maximum Gasteiger partial charge on any atom is 0.234 e. The van der Waals surface area contributed by atoms with E-state index in [0.29, 0.717) is 35.3 Å². The summed E-state index contributed by atoms with van der Waals surface area (Å²) in [6.07, 6.45) is 0. The lowest BCUT2D eigenvalue weighted by Crippen LogP contribution is -2.13. The monoisotopic (exact) mass is 452 g/mol. The molecule has 3 rings (SSSR count). The number of carbonyl (C=O) groups excluding carboxylic acids is 1. The van der Waals surface area contributed by atoms with Crippen molar-refractivity contribution in [3.05, 3.63) is 62.0 Å². The van der Waals surface area contributed by atoms with Crippen LogP contribution in [0.2, 0.25) is 10.0 Å². The van der Waals surface area contributed by atoms with Crippen molar-refractivity contribution in [2.24, 2.45) is 0 Å². The minimum absolute atomic E-state index is 0.174. The topological polar surface area (TPSA) is 70.7 Å². The summed E-state index contributed by atoms with van der Waals surface area (Å²) in [5, 5.41) is 16.9. The van der Waals surface area contributed by atoms with Gasteiger partial charge in [0.1, 0.15) is 0 Å². The minimum Gasteiger partial charge on any atom is -0.325 e. The van der Waals surface area contributed by atoms with Gasteiger partial charge in [-0.3, -0.25) is 4.79 Å². The molecular weight excluding hydrogens is 443 g/mol. The van der Waals surface area contributed by atoms with Crippen molar-refractivity contribution in [2.75, 3.05) is 11.1 Å². The molecule has 0 aliphatic carbocycles. The Balaban J connectivity index is 1.64. The van der Waals surface area contributed by atoms with Gasteiger partial charge in [0.05, 0.1) is 33.1 Å². The first-order valence-electron chi connectivity index (χ1n) is 7.44. The number of halogens is 2. The molecule has 3 aromatic rings. The second-order valence-corrected chi connectivity index (χ2v) is 8.83. The van der Waals surface area contributed by atoms with Crippen LogP contribution in [0, 0.1) is 15.3 Å². The van der Waals surface area contributed by atoms with Gasteiger partial charge < -0.3 is 5.32 Å². The number of thioether (sulfide) groups is 1. The maximum atomic E-state index is 12.1. The summed E-state index contributed by atoms with van der Waals surface area (Å²) >= 11 is 19.9. The number of carbonyl (C=O) groups is 1. The van der Waals surface area contributed by atoms with Crippen molar-refractivity contribution < 1.29 is 4.79 Å². The van der Waals surface area contributed by atoms with Crippen LogP contribution in [0.3, 0.4) is 0 Å². The zero-order valence-electron chi connectivity index (χ0n) is 13.5. The summed E-state index contributed by atoms with van der Waals surface area (Å²) in [7, 11) is 0. The van der Waals surface area contributed by atoms with Crippen LogP contribution in [-0.2, 0) is 4.79 Å². The summed E-state index contributed by atoms with van der Waals surface area (Å²) in [6.45, 7) is 0. The molecule has 10 heteroatoms. The van der Waals surface area contributed by atoms with E-state index < -0.39 is 0 Å². The van der Waals surface area contributed by atoms with Crippen LogP contribution in [0.5, 0.6) is 0 Å². The van der Waals surface area contributed by atoms with E-state index in [-0.39, 0.29) is 11.7 Å². The Morgan fingerprint density at radius 2 is 2.00 bits per heavy atom. The Morgan fingerprint density at radius 3 is 2.67 bits per heavy atom. The zero-order valence-corrected chi connectivity index (χ0v) is 17.4. The lowest BCUT2D eigenvalue weighted by atomic mass is 10.2. The minimum atomic E-state index is -0.174. The Morgan fingerprint density at radius 1 is 1.26 bits per heavy atom. The van der Waals surface area contributed by atoms with Crippen molar-refractivity contribution in [1.29, 1.82) is 5.26 Å². The van der Waals surface area contributed by atoms with Crippen molar-refractivity contribution in [3.8, 4) is 11.8 Å². The number of nitriles is 1. The Kier molecular flexibility index (Phi) is 6.52. The molecular formula is C17H10Cl2N4OS3. The van der Waals surface area contributed by atoms with Crippen LogP contribution in [0.25, 0.3) is 5.69 Å². The highest BCUT2D eigenvalue weighted by atomic mass is 35.5. The predicted octanol–water partition coefficient (Wildman–Crippen LogP) is 5.57. The second kappa shape index (κ2) is 8.87. The van der Waals surface area contributed by atoms with Gasteiger partial charge in [-0.1, -0.05) is 46.3 Å². The number of aromatic nitrogens is 2. The first-order chi connectivity index (χ1) is 13.0. The molecule has 1 N–H and O–H groups in total. The average molecular weight is 453 g/mol. The molecule has 0 spiro atoms. The van der Waals surface area contributed by atoms with E-state index in [1.165, 1.54) is 23.1 Å². The molecule has 0 bridgehead atoms. The smallest absolute Gasteiger partial charge is 0.234 e. The fourth-order valence-corrected chi connectivity index (χ4v) is 4.51. The Bertz CT molecular complexity index is 1090. The van der Waals surface area contributed by atoms with Gasteiger partial charge in [-0.25, -0.2) is 4.68 Å². The van der Waals surface area contributed by atoms with E-state index in [4.69, 9.17) is 40.7 Å². The Hall–Kier alpha value is -1.89. The summed E-state index contributed by atoms with van der Waals surface area (Å²) in [5.41, 5.74) is 1.88. The number of rotatable bonds is 5. The summed E-state index contributed by atoms with van der Waals surface area (Å²) in [5.74, 6) is 0.0100. The number of amides is 1. The van der Waals surface area contributed by atoms with E-state index >= 15 is 0 Å². The molecule has 0 saturated heterocycles. The number of benzene rings is 2. The molecule has 5 nitrogen and oxygen atoms in total. The SMILES string of the molecule is N#Cc1ccc(NC(=O)CSc2nn(-c3ccc(Cl)c(Cl)c3)c(=S)s2)cc1. The number of hydrogen-bond acceptors (Lipinski definition) is 6. The third-order valence-electron chi connectivity index (χ3n) is 3.30. The summed E-state index contributed by atoms with van der Waals surface area (Å²) < 4.78 is 2.80. The van der Waals surface area contributed by atoms with Crippen LogP contribution in [0.4, 0.5) is 5.69 Å². The van der Waals surface area contributed by atoms with Gasteiger partial charge in [0.15, 0.2) is 8.29 Å². The van der Waals surface area contributed by atoms with Crippen molar-refractivity contribution >= 4 is 70.1 Å². The number of anilines is 1. The molecule has 0 aliphatic heterocycles. The average Bonchev–Trinajstić information content (AvgIpc) is 3.04. The van der Waals surface area contributed by atoms with Gasteiger partial charge in [0.25, 0.3) is 0 Å². The van der Waals surface area contributed by atoms with Gasteiger partial charge in [-0.2, -0.15) is 5.26 Å². The van der Waals surface area contributed by atoms with Crippen molar-refractivity contribution in [1.82, 2.24) is 9.78 Å². The highest BCUT2D eigenvalue weighted by molar-refractivity contribution is 8.01. The van der Waals surface area contributed by atoms with Crippen LogP contribution >= 0.6 is 58.5 Å². The molecule has 136 valence electrons. The standard InChI is InChI=1S/C17H10Cl2N4OS3/c18-13-6-5-12(7-14(13)19)23-17(25)27-16(22-23)26-9-15(24)21-11-3-1-10(8-20)2-4-11/h1-7H,9H2,(H,21,24). The highest BCUT2D eigenvalue weighted by Gasteiger charge is 2.11. The van der Waals surface area contributed by atoms with Crippen molar-refractivity contribution in [2.45, 2.75) is 4.34 Å². The summed E-state index contributed by atoms with van der Waals surface area (Å²) in [6, 6.07) is 13.8. The quantitative estimate of drug-likeness (QED) is 0.404. The van der Waals surface area contributed by atoms with Crippen LogP contribution < -0.4 is 5.32 Å². The lowest BCUT2D eigenvalue weighted by Gasteiger charge is -2.04. The van der Waals surface area contributed by atoms with E-state index in [0.717, 1.165) is 0 Å². The number of hydrogen-bond donors (Lipinski definition) is 1. The van der Waals surface area contributed by atoms with E-state index in [1.807, 2.05) is 6.07 Å². The van der Waals surface area contributed by atoms with Gasteiger partial charge in [0.2, 0.25) is 5.91 Å². The first kappa shape index (κ1) is 19.9. The molecule has 0 radical (unpaired) electrons. The molecule has 0 aliphatic rings. The fourth-order valence-electron chi connectivity index (χ4n) is 2.05. The second-order valence-electron chi connectivity index (χ2n) is 5.17. The van der Waals surface area contributed by atoms with Gasteiger partial charge in [-0.05, 0) is 54.7 Å². The van der Waals surface area contributed by atoms with E-state index in [2.05, 4.69) is 10.4 Å². The molecule has 0 saturated carbocycles. The molecule has 27 heavy (non-hydrogen) atoms. The van der Waals surface area contributed by atoms with Crippen molar-refractivity contribution in [3.63, 3.8) is 0 Å². The fraction of sp³-hybridized carbons (Fsp3) is 0.0588. The lowest BCUT2D eigenvalue weighted by molar-refractivity contribution is -0.113. The van der Waals surface area contributed by atoms with Crippen LogP contribution in [-0.4, -0.2) is 21.4 Å². The normalized spacial score (nSPS) is 10.4. The molecule has 0 unspecified atom stereocenters. The third kappa shape index (κ3) is 5.09. The first-order valence-corrected chi connectivity index (χ1v) is 10.4. The zero-order chi connectivity index (χ0) is 19.4. The van der Waals surface area contributed by atoms with E-state index in [1.54, 1.807) is 47.1 Å². The van der Waals surface area contributed by atoms with Crippen LogP contribution in [0.15, 0.2) is 46.8 Å². The third-order valence-corrected chi connectivity index (χ3v) is 6.41. The van der Waals surface area contributed by atoms with Gasteiger partial charge in [-0.15, -0.1) is 5.10 Å². The predicted molar refractivity (Wildman–Crippen MR) is 113 cm³/mol. The largest absolute Gasteiger partial charge is 0.325 e. The van der Waals surface area contributed by atoms with Crippen LogP contribution in [0.1, 0.15) is 5.56 Å². The number of nitrogens with zero attached hydrogens (tertiary/aromatic N) is 3. The number of nitrogens with one attached hydrogen (secondary N) is 1. The molecule has 0 fully saturated rings. The van der Waals surface area contributed by atoms with Gasteiger partial charge in [0, 0.05) is 5.69 Å². The Labute approximate surface area is 178 Å². The molecule has 0 atom stereocenters. The highest BCUT2D eigenvalue weighted by Crippen LogP contribution is 2.28. The van der Waals surface area contributed by atoms with E-state index in [9.17, 15) is 4.79 Å². The summed E-state index contributed by atoms with van der Waals surface area (Å²) in [4.78, 5) is 12.1. The maximum absolute atomic E-state index is 12.1. The molecule has 1 amide bonds. The molecule has 1 aromatic heterocycles. The molecule has 1 heterocycles. The molecule has 2 aromatic carbocycles. The van der Waals surface area contributed by atoms with Gasteiger partial charge >= 0.3 is 0 Å².